The molecule has 3 nitrogen and oxygen atoms in total. The molecule has 21 heavy (non-hydrogen) atoms. The van der Waals surface area contributed by atoms with Crippen LogP contribution in [-0.2, 0) is 0 Å². The van der Waals surface area contributed by atoms with Gasteiger partial charge in [-0.15, -0.1) is 0 Å². The normalized spacial score (nSPS) is 26.8. The summed E-state index contributed by atoms with van der Waals surface area (Å²) >= 11 is 0. The van der Waals surface area contributed by atoms with Crippen LogP contribution in [0.25, 0.3) is 10.9 Å². The van der Waals surface area contributed by atoms with Gasteiger partial charge in [-0.1, -0.05) is 12.5 Å². The van der Waals surface area contributed by atoms with Gasteiger partial charge in [-0.3, -0.25) is 9.88 Å². The fraction of sp³-hybridized carbons (Fsp3) is 0.500. The molecule has 2 aromatic rings. The summed E-state index contributed by atoms with van der Waals surface area (Å²) in [5.41, 5.74) is 2.46. The van der Waals surface area contributed by atoms with Gasteiger partial charge in [0.15, 0.2) is 0 Å². The zero-order valence-electron chi connectivity index (χ0n) is 12.7. The van der Waals surface area contributed by atoms with Crippen molar-refractivity contribution in [1.82, 2.24) is 9.88 Å². The molecular formula is C18H23N3. The second kappa shape index (κ2) is 5.30. The summed E-state index contributed by atoms with van der Waals surface area (Å²) in [6.45, 7) is 6.01. The Morgan fingerprint density at radius 2 is 2.05 bits per heavy atom. The lowest BCUT2D eigenvalue weighted by molar-refractivity contribution is 0.116. The van der Waals surface area contributed by atoms with E-state index in [1.165, 1.54) is 43.4 Å². The predicted molar refractivity (Wildman–Crippen MR) is 87.8 cm³/mol. The maximum Gasteiger partial charge on any atom is 0.0722 e. The molecule has 2 unspecified atom stereocenters. The quantitative estimate of drug-likeness (QED) is 0.799. The van der Waals surface area contributed by atoms with Gasteiger partial charge in [0.05, 0.1) is 5.52 Å². The van der Waals surface area contributed by atoms with Crippen LogP contribution in [0.5, 0.6) is 0 Å². The molecule has 0 saturated carbocycles. The number of fused-ring (bicyclic) bond motifs is 2. The molecule has 2 fully saturated rings. The highest BCUT2D eigenvalue weighted by Crippen LogP contribution is 2.32. The SMILES string of the molecule is CC1CN2CCCCC2CN1c1cccc2ncccc12. The Morgan fingerprint density at radius 3 is 3.00 bits per heavy atom. The molecule has 2 aliphatic rings. The van der Waals surface area contributed by atoms with Crippen molar-refractivity contribution in [3.05, 3.63) is 36.5 Å². The lowest BCUT2D eigenvalue weighted by atomic mass is 9.96. The fourth-order valence-electron chi connectivity index (χ4n) is 4.03. The number of piperazine rings is 1. The van der Waals surface area contributed by atoms with Crippen molar-refractivity contribution in [1.29, 1.82) is 0 Å². The molecule has 1 aromatic heterocycles. The highest BCUT2D eigenvalue weighted by molar-refractivity contribution is 5.91. The van der Waals surface area contributed by atoms with E-state index in [-0.39, 0.29) is 0 Å². The number of piperidine rings is 1. The molecule has 0 bridgehead atoms. The first-order valence-electron chi connectivity index (χ1n) is 8.17. The van der Waals surface area contributed by atoms with Gasteiger partial charge in [-0.25, -0.2) is 0 Å². The summed E-state index contributed by atoms with van der Waals surface area (Å²) < 4.78 is 0. The number of benzene rings is 1. The van der Waals surface area contributed by atoms with Crippen LogP contribution in [0, 0.1) is 0 Å². The third kappa shape index (κ3) is 2.30. The standard InChI is InChI=1S/C18H23N3/c1-14-12-20-11-3-2-6-15(20)13-21(14)18-9-4-8-17-16(18)7-5-10-19-17/h4-5,7-10,14-15H,2-3,6,11-13H2,1H3. The van der Waals surface area contributed by atoms with Crippen LogP contribution < -0.4 is 4.90 Å². The zero-order chi connectivity index (χ0) is 14.2. The monoisotopic (exact) mass is 281 g/mol. The highest BCUT2D eigenvalue weighted by atomic mass is 15.3. The Bertz CT molecular complexity index is 634. The van der Waals surface area contributed by atoms with Crippen LogP contribution in [0.2, 0.25) is 0 Å². The molecule has 0 spiro atoms. The summed E-state index contributed by atoms with van der Waals surface area (Å²) in [5.74, 6) is 0. The Kier molecular flexibility index (Phi) is 3.30. The molecule has 0 N–H and O–H groups in total. The van der Waals surface area contributed by atoms with Crippen LogP contribution in [0.4, 0.5) is 5.69 Å². The van der Waals surface area contributed by atoms with E-state index in [0.717, 1.165) is 18.1 Å². The van der Waals surface area contributed by atoms with Gasteiger partial charge < -0.3 is 4.90 Å². The van der Waals surface area contributed by atoms with E-state index in [2.05, 4.69) is 46.0 Å². The van der Waals surface area contributed by atoms with Gasteiger partial charge in [-0.2, -0.15) is 0 Å². The van der Waals surface area contributed by atoms with Crippen molar-refractivity contribution >= 4 is 16.6 Å². The maximum absolute atomic E-state index is 4.51. The van der Waals surface area contributed by atoms with E-state index < -0.39 is 0 Å². The number of anilines is 1. The summed E-state index contributed by atoms with van der Waals surface area (Å²) in [4.78, 5) is 9.82. The number of pyridine rings is 1. The smallest absolute Gasteiger partial charge is 0.0722 e. The Morgan fingerprint density at radius 1 is 1.10 bits per heavy atom. The number of rotatable bonds is 1. The summed E-state index contributed by atoms with van der Waals surface area (Å²) in [5, 5.41) is 1.29. The molecule has 0 radical (unpaired) electrons. The third-order valence-corrected chi connectivity index (χ3v) is 5.12. The molecule has 2 atom stereocenters. The predicted octanol–water partition coefficient (Wildman–Crippen LogP) is 3.30. The Hall–Kier alpha value is -1.61. The van der Waals surface area contributed by atoms with Crippen molar-refractivity contribution in [3.8, 4) is 0 Å². The van der Waals surface area contributed by atoms with Crippen LogP contribution in [0.3, 0.4) is 0 Å². The molecule has 2 saturated heterocycles. The van der Waals surface area contributed by atoms with E-state index in [0.29, 0.717) is 6.04 Å². The van der Waals surface area contributed by atoms with E-state index >= 15 is 0 Å². The summed E-state index contributed by atoms with van der Waals surface area (Å²) in [6, 6.07) is 12.1. The molecule has 3 heteroatoms. The lowest BCUT2D eigenvalue weighted by Crippen LogP contribution is -2.58. The Balaban J connectivity index is 1.71. The van der Waals surface area contributed by atoms with Gasteiger partial charge >= 0.3 is 0 Å². The molecule has 110 valence electrons. The van der Waals surface area contributed by atoms with E-state index in [9.17, 15) is 0 Å². The molecule has 2 aliphatic heterocycles. The number of hydrogen-bond donors (Lipinski definition) is 0. The van der Waals surface area contributed by atoms with Gasteiger partial charge in [0.2, 0.25) is 0 Å². The largest absolute Gasteiger partial charge is 0.365 e. The van der Waals surface area contributed by atoms with Gasteiger partial charge in [0, 0.05) is 42.4 Å². The molecule has 3 heterocycles. The number of aromatic nitrogens is 1. The van der Waals surface area contributed by atoms with E-state index in [1.54, 1.807) is 0 Å². The van der Waals surface area contributed by atoms with Crippen molar-refractivity contribution in [2.45, 2.75) is 38.3 Å². The highest BCUT2D eigenvalue weighted by Gasteiger charge is 2.33. The second-order valence-electron chi connectivity index (χ2n) is 6.49. The minimum Gasteiger partial charge on any atom is -0.365 e. The summed E-state index contributed by atoms with van der Waals surface area (Å²) in [6.07, 6.45) is 6.00. The summed E-state index contributed by atoms with van der Waals surface area (Å²) in [7, 11) is 0. The average molecular weight is 281 g/mol. The molecule has 1 aromatic carbocycles. The van der Waals surface area contributed by atoms with Crippen LogP contribution in [-0.4, -0.2) is 41.6 Å². The molecular weight excluding hydrogens is 258 g/mol. The van der Waals surface area contributed by atoms with Crippen molar-refractivity contribution in [2.75, 3.05) is 24.5 Å². The number of nitrogens with zero attached hydrogens (tertiary/aromatic N) is 3. The number of hydrogen-bond acceptors (Lipinski definition) is 3. The lowest BCUT2D eigenvalue weighted by Gasteiger charge is -2.48. The van der Waals surface area contributed by atoms with Crippen LogP contribution in [0.1, 0.15) is 26.2 Å². The minimum atomic E-state index is 0.574. The van der Waals surface area contributed by atoms with Crippen LogP contribution in [0.15, 0.2) is 36.5 Å². The molecule has 0 amide bonds. The van der Waals surface area contributed by atoms with Gasteiger partial charge in [-0.05, 0) is 50.6 Å². The first kappa shape index (κ1) is 13.1. The molecule has 0 aliphatic carbocycles. The van der Waals surface area contributed by atoms with E-state index in [1.807, 2.05) is 12.3 Å². The van der Waals surface area contributed by atoms with Gasteiger partial charge in [0.1, 0.15) is 0 Å². The maximum atomic E-state index is 4.51. The second-order valence-corrected chi connectivity index (χ2v) is 6.49. The fourth-order valence-corrected chi connectivity index (χ4v) is 4.03. The average Bonchev–Trinajstić information content (AvgIpc) is 2.54. The van der Waals surface area contributed by atoms with Crippen molar-refractivity contribution < 1.29 is 0 Å². The van der Waals surface area contributed by atoms with Gasteiger partial charge in [0.25, 0.3) is 0 Å². The van der Waals surface area contributed by atoms with Crippen molar-refractivity contribution in [2.24, 2.45) is 0 Å². The minimum absolute atomic E-state index is 0.574. The van der Waals surface area contributed by atoms with Crippen molar-refractivity contribution in [3.63, 3.8) is 0 Å². The third-order valence-electron chi connectivity index (χ3n) is 5.12. The first-order valence-corrected chi connectivity index (χ1v) is 8.17. The zero-order valence-corrected chi connectivity index (χ0v) is 12.7. The topological polar surface area (TPSA) is 19.4 Å². The van der Waals surface area contributed by atoms with Crippen LogP contribution >= 0.6 is 0 Å². The Labute approximate surface area is 126 Å². The molecule has 4 rings (SSSR count). The van der Waals surface area contributed by atoms with E-state index in [4.69, 9.17) is 0 Å². The first-order chi connectivity index (χ1) is 10.3.